The molecule has 0 aromatic heterocycles. The van der Waals surface area contributed by atoms with Crippen LogP contribution in [0.2, 0.25) is 0 Å². The van der Waals surface area contributed by atoms with E-state index in [-0.39, 0.29) is 0 Å². The molecule has 0 fully saturated rings. The third-order valence-electron chi connectivity index (χ3n) is 11.3. The van der Waals surface area contributed by atoms with Gasteiger partial charge in [-0.05, 0) is 35.4 Å². The largest absolute Gasteiger partial charge is 0.313 e. The lowest BCUT2D eigenvalue weighted by molar-refractivity contribution is 1.53. The molecule has 0 aliphatic heterocycles. The molecule has 10 aromatic rings. The molecule has 0 amide bonds. The summed E-state index contributed by atoms with van der Waals surface area (Å²) in [6.45, 7) is 0. The van der Waals surface area contributed by atoms with E-state index < -0.39 is 32.3 Å². The Bertz CT molecular complexity index is 2470. The molecule has 10 rings (SSSR count). The van der Waals surface area contributed by atoms with E-state index in [1.807, 2.05) is 0 Å². The van der Waals surface area contributed by atoms with Gasteiger partial charge in [-0.25, -0.2) is 0 Å². The first-order valence-corrected chi connectivity index (χ1v) is 27.4. The summed E-state index contributed by atoms with van der Waals surface area (Å²) in [4.78, 5) is 0. The van der Waals surface area contributed by atoms with Crippen molar-refractivity contribution in [2.45, 2.75) is 0 Å². The Kier molecular flexibility index (Phi) is 14.0. The van der Waals surface area contributed by atoms with Crippen LogP contribution in [0.15, 0.2) is 291 Å². The van der Waals surface area contributed by atoms with E-state index in [1.54, 1.807) is 0 Å². The number of rotatable bonds is 15. The summed E-state index contributed by atoms with van der Waals surface area (Å²) in [6.07, 6.45) is 0. The summed E-state index contributed by atoms with van der Waals surface area (Å²) in [7, 11) is -3.93. The normalized spacial score (nSPS) is 11.3. The molecule has 0 unspecified atom stereocenters. The fourth-order valence-corrected chi connectivity index (χ4v) is 20.2. The van der Waals surface area contributed by atoms with E-state index in [0.29, 0.717) is 0 Å². The van der Waals surface area contributed by atoms with Crippen LogP contribution in [-0.4, -0.2) is 0 Å². The highest BCUT2D eigenvalue weighted by Crippen LogP contribution is 2.58. The standard InChI is InChI=1S/C60H48N2P4/c1-9-25-53(26-10-1)63(54-27-11-2-12-28-54)61(64(55-29-13-3-14-30-55)56-31-15-4-16-32-56)51-45-41-49(42-46-51)50-43-47-52(48-44-50)62(65(57-33-17-5-18-34-57)58-35-19-6-20-36-58)66(59-37-21-7-22-38-59)60-39-23-8-24-40-60/h1-48H. The Labute approximate surface area is 395 Å². The number of nitrogens with zero attached hydrogens (tertiary/aromatic N) is 2. The minimum atomic E-state index is -0.982. The monoisotopic (exact) mass is 920 g/mol. The smallest absolute Gasteiger partial charge is 0.0590 e. The van der Waals surface area contributed by atoms with Gasteiger partial charge >= 0.3 is 0 Å². The average molecular weight is 921 g/mol. The number of anilines is 2. The fourth-order valence-electron chi connectivity index (χ4n) is 8.24. The Hall–Kier alpha value is -6.48. The topological polar surface area (TPSA) is 6.48 Å². The molecule has 6 heteroatoms. The minimum absolute atomic E-state index is 0.982. The van der Waals surface area contributed by atoms with Crippen molar-refractivity contribution < 1.29 is 0 Å². The molecule has 0 radical (unpaired) electrons. The maximum absolute atomic E-state index is 2.75. The second-order valence-corrected chi connectivity index (χ2v) is 24.5. The summed E-state index contributed by atoms with van der Waals surface area (Å²) in [5.74, 6) is 0. The molecule has 318 valence electrons. The zero-order valence-electron chi connectivity index (χ0n) is 36.4. The van der Waals surface area contributed by atoms with E-state index in [2.05, 4.69) is 300 Å². The van der Waals surface area contributed by atoms with Crippen molar-refractivity contribution in [1.82, 2.24) is 0 Å². The van der Waals surface area contributed by atoms with E-state index in [9.17, 15) is 0 Å². The van der Waals surface area contributed by atoms with Crippen LogP contribution >= 0.6 is 32.3 Å². The number of hydrogen-bond donors (Lipinski definition) is 0. The first-order chi connectivity index (χ1) is 32.8. The van der Waals surface area contributed by atoms with Crippen LogP contribution in [0.1, 0.15) is 0 Å². The molecule has 0 saturated heterocycles. The lowest BCUT2D eigenvalue weighted by Crippen LogP contribution is -2.31. The molecule has 66 heavy (non-hydrogen) atoms. The minimum Gasteiger partial charge on any atom is -0.313 e. The lowest BCUT2D eigenvalue weighted by Gasteiger charge is -2.41. The molecule has 2 nitrogen and oxygen atoms in total. The third kappa shape index (κ3) is 9.72. The van der Waals surface area contributed by atoms with Gasteiger partial charge in [0.25, 0.3) is 0 Å². The van der Waals surface area contributed by atoms with Gasteiger partial charge in [0.1, 0.15) is 0 Å². The van der Waals surface area contributed by atoms with Crippen LogP contribution in [-0.2, 0) is 0 Å². The van der Waals surface area contributed by atoms with Crippen molar-refractivity contribution in [2.75, 3.05) is 8.88 Å². The van der Waals surface area contributed by atoms with Gasteiger partial charge in [-0.15, -0.1) is 0 Å². The number of hydrogen-bond acceptors (Lipinski definition) is 2. The fraction of sp³-hybridized carbons (Fsp3) is 0. The predicted octanol–water partition coefficient (Wildman–Crippen LogP) is 13.2. The average Bonchev–Trinajstić information content (AvgIpc) is 3.41. The van der Waals surface area contributed by atoms with Gasteiger partial charge < -0.3 is 8.88 Å². The van der Waals surface area contributed by atoms with Crippen molar-refractivity contribution in [1.29, 1.82) is 0 Å². The Morgan fingerprint density at radius 2 is 0.318 bits per heavy atom. The van der Waals surface area contributed by atoms with Crippen LogP contribution in [0.25, 0.3) is 11.1 Å². The Morgan fingerprint density at radius 1 is 0.167 bits per heavy atom. The van der Waals surface area contributed by atoms with Gasteiger partial charge in [-0.3, -0.25) is 0 Å². The van der Waals surface area contributed by atoms with Crippen LogP contribution in [0.5, 0.6) is 0 Å². The summed E-state index contributed by atoms with van der Waals surface area (Å²) in [5, 5.41) is 10.5. The summed E-state index contributed by atoms with van der Waals surface area (Å²) in [6, 6.07) is 107. The second-order valence-electron chi connectivity index (χ2n) is 15.6. The van der Waals surface area contributed by atoms with Crippen molar-refractivity contribution in [3.8, 4) is 11.1 Å². The predicted molar refractivity (Wildman–Crippen MR) is 293 cm³/mol. The van der Waals surface area contributed by atoms with Crippen LogP contribution in [0.3, 0.4) is 0 Å². The zero-order chi connectivity index (χ0) is 44.3. The molecule has 0 heterocycles. The van der Waals surface area contributed by atoms with Gasteiger partial charge in [-0.1, -0.05) is 267 Å². The van der Waals surface area contributed by atoms with Crippen LogP contribution in [0.4, 0.5) is 11.4 Å². The quantitative estimate of drug-likeness (QED) is 0.0946. The van der Waals surface area contributed by atoms with Crippen molar-refractivity contribution >= 4 is 86.1 Å². The number of benzene rings is 10. The van der Waals surface area contributed by atoms with Gasteiger partial charge in [0, 0.05) is 53.8 Å². The van der Waals surface area contributed by atoms with E-state index in [1.165, 1.54) is 64.9 Å². The summed E-state index contributed by atoms with van der Waals surface area (Å²) >= 11 is 0. The molecule has 10 aromatic carbocycles. The first-order valence-electron chi connectivity index (χ1n) is 22.2. The Balaban J connectivity index is 1.09. The molecule has 0 bridgehead atoms. The molecule has 0 aliphatic rings. The molecule has 0 saturated carbocycles. The maximum Gasteiger partial charge on any atom is 0.0590 e. The molecule has 0 aliphatic carbocycles. The molecule has 0 atom stereocenters. The highest BCUT2D eigenvalue weighted by Gasteiger charge is 2.34. The van der Waals surface area contributed by atoms with Crippen molar-refractivity contribution in [2.24, 2.45) is 0 Å². The lowest BCUT2D eigenvalue weighted by atomic mass is 10.1. The summed E-state index contributed by atoms with van der Waals surface area (Å²) in [5.41, 5.74) is 4.77. The van der Waals surface area contributed by atoms with E-state index >= 15 is 0 Å². The van der Waals surface area contributed by atoms with Crippen molar-refractivity contribution in [3.05, 3.63) is 291 Å². The molecule has 0 N–H and O–H groups in total. The SMILES string of the molecule is c1ccc(P(c2ccccc2)N(c2ccc(-c3ccc(N(P(c4ccccc4)c4ccccc4)P(c4ccccc4)c4ccccc4)cc3)cc2)P(c2ccccc2)c2ccccc2)cc1. The Morgan fingerprint density at radius 3 is 0.470 bits per heavy atom. The van der Waals surface area contributed by atoms with Crippen LogP contribution in [0, 0.1) is 0 Å². The summed E-state index contributed by atoms with van der Waals surface area (Å²) < 4.78 is 5.49. The van der Waals surface area contributed by atoms with Gasteiger partial charge in [0.2, 0.25) is 0 Å². The second kappa shape index (κ2) is 21.2. The first kappa shape index (κ1) is 43.4. The highest BCUT2D eigenvalue weighted by atomic mass is 31.2. The molecular weight excluding hydrogens is 873 g/mol. The van der Waals surface area contributed by atoms with Gasteiger partial charge in [-0.2, -0.15) is 0 Å². The van der Waals surface area contributed by atoms with Crippen LogP contribution < -0.4 is 51.3 Å². The van der Waals surface area contributed by atoms with Gasteiger partial charge in [0.15, 0.2) is 0 Å². The molecule has 0 spiro atoms. The zero-order valence-corrected chi connectivity index (χ0v) is 40.0. The maximum atomic E-state index is 2.75. The van der Waals surface area contributed by atoms with Crippen molar-refractivity contribution in [3.63, 3.8) is 0 Å². The third-order valence-corrected chi connectivity index (χ3v) is 22.2. The van der Waals surface area contributed by atoms with Gasteiger partial charge in [0.05, 0.1) is 32.3 Å². The highest BCUT2D eigenvalue weighted by molar-refractivity contribution is 7.91. The molecular formula is C60H48N2P4. The van der Waals surface area contributed by atoms with E-state index in [4.69, 9.17) is 0 Å². The van der Waals surface area contributed by atoms with E-state index in [0.717, 1.165) is 0 Å².